The first-order chi connectivity index (χ1) is 18.5. The molecule has 2 aliphatic heterocycles. The molecule has 4 unspecified atom stereocenters. The summed E-state index contributed by atoms with van der Waals surface area (Å²) in [6, 6.07) is 11.8. The van der Waals surface area contributed by atoms with E-state index in [-0.39, 0.29) is 17.3 Å². The molecule has 1 aromatic carbocycles. The van der Waals surface area contributed by atoms with Crippen molar-refractivity contribution in [2.75, 3.05) is 12.4 Å². The number of aromatic carboxylic acids is 1. The average Bonchev–Trinajstić information content (AvgIpc) is 3.64. The van der Waals surface area contributed by atoms with Crippen molar-refractivity contribution in [1.82, 2.24) is 29.8 Å². The van der Waals surface area contributed by atoms with Gasteiger partial charge in [0, 0.05) is 18.8 Å². The zero-order chi connectivity index (χ0) is 26.2. The highest BCUT2D eigenvalue weighted by atomic mass is 16.8. The zero-order valence-corrected chi connectivity index (χ0v) is 19.8. The lowest BCUT2D eigenvalue weighted by molar-refractivity contribution is -0.191. The van der Waals surface area contributed by atoms with Gasteiger partial charge in [-0.05, 0) is 12.1 Å². The standard InChI is InChI=1S/C24H21N7O7/c1-25-24(34)30-17-14-18(28-10-27-17)31(11-29-14)20-15-16(36-22(35-15)12-6-3-2-4-7-12)23(38-20)37-19-13(21(32)33)8-5-9-26-19/h2-11,15-16,20,22-23H,1H3,(H,32,33)(H2,25,27,28,30,34)/t15?,16?,20?,22-,23?/m1/s1. The fourth-order valence-electron chi connectivity index (χ4n) is 4.36. The quantitative estimate of drug-likeness (QED) is 0.340. The number of carbonyl (C=O) groups is 2. The van der Waals surface area contributed by atoms with Crippen molar-refractivity contribution >= 4 is 29.0 Å². The highest BCUT2D eigenvalue weighted by Gasteiger charge is 2.55. The lowest BCUT2D eigenvalue weighted by Gasteiger charge is -2.22. The maximum atomic E-state index is 11.9. The minimum absolute atomic E-state index is 0.119. The molecule has 5 atom stereocenters. The van der Waals surface area contributed by atoms with Crippen LogP contribution in [0.1, 0.15) is 28.4 Å². The number of aromatic nitrogens is 5. The first kappa shape index (κ1) is 23.7. The van der Waals surface area contributed by atoms with E-state index in [9.17, 15) is 14.7 Å². The van der Waals surface area contributed by atoms with Gasteiger partial charge < -0.3 is 29.4 Å². The van der Waals surface area contributed by atoms with E-state index in [0.717, 1.165) is 5.56 Å². The van der Waals surface area contributed by atoms with Crippen molar-refractivity contribution in [3.8, 4) is 5.88 Å². The van der Waals surface area contributed by atoms with Crippen LogP contribution in [0.2, 0.25) is 0 Å². The number of benzene rings is 1. The number of rotatable bonds is 6. The van der Waals surface area contributed by atoms with Gasteiger partial charge in [0.15, 0.2) is 35.6 Å². The van der Waals surface area contributed by atoms with Crippen LogP contribution in [0.3, 0.4) is 0 Å². The summed E-state index contributed by atoms with van der Waals surface area (Å²) in [6.07, 6.45) is 0.130. The monoisotopic (exact) mass is 519 g/mol. The molecular formula is C24H21N7O7. The second-order valence-electron chi connectivity index (χ2n) is 8.37. The van der Waals surface area contributed by atoms with Crippen LogP contribution in [0.15, 0.2) is 61.3 Å². The van der Waals surface area contributed by atoms with Crippen LogP contribution in [-0.2, 0) is 14.2 Å². The number of carboxylic acid groups (broad SMARTS) is 1. The number of carbonyl (C=O) groups excluding carboxylic acids is 1. The van der Waals surface area contributed by atoms with E-state index in [2.05, 4.69) is 30.6 Å². The molecule has 2 amide bonds. The van der Waals surface area contributed by atoms with Gasteiger partial charge in [0.25, 0.3) is 0 Å². The topological polar surface area (TPSA) is 172 Å². The predicted molar refractivity (Wildman–Crippen MR) is 128 cm³/mol. The van der Waals surface area contributed by atoms with Crippen LogP contribution in [0.25, 0.3) is 11.2 Å². The number of fused-ring (bicyclic) bond motifs is 2. The number of urea groups is 1. The minimum atomic E-state index is -1.20. The third kappa shape index (κ3) is 4.15. The van der Waals surface area contributed by atoms with Gasteiger partial charge in [-0.2, -0.15) is 0 Å². The Balaban J connectivity index is 1.36. The number of nitrogens with one attached hydrogen (secondary N) is 2. The molecule has 14 nitrogen and oxygen atoms in total. The summed E-state index contributed by atoms with van der Waals surface area (Å²) in [5, 5.41) is 14.6. The van der Waals surface area contributed by atoms with Crippen molar-refractivity contribution in [3.05, 3.63) is 72.4 Å². The van der Waals surface area contributed by atoms with Crippen LogP contribution < -0.4 is 15.4 Å². The average molecular weight is 519 g/mol. The van der Waals surface area contributed by atoms with E-state index in [4.69, 9.17) is 18.9 Å². The molecular weight excluding hydrogens is 498 g/mol. The summed E-state index contributed by atoms with van der Waals surface area (Å²) in [6.45, 7) is 0. The van der Waals surface area contributed by atoms with Gasteiger partial charge in [-0.3, -0.25) is 9.88 Å². The van der Waals surface area contributed by atoms with E-state index in [1.807, 2.05) is 30.3 Å². The Morgan fingerprint density at radius 2 is 1.82 bits per heavy atom. The number of anilines is 1. The molecule has 0 aliphatic carbocycles. The SMILES string of the molecule is CNC(=O)Nc1ncnc2c1ncn2C1OC(Oc2ncccc2C(=O)O)C2O[C@H](c3ccccc3)OC21. The van der Waals surface area contributed by atoms with Gasteiger partial charge in [-0.25, -0.2) is 29.5 Å². The first-order valence-electron chi connectivity index (χ1n) is 11.6. The number of hydrogen-bond donors (Lipinski definition) is 3. The fraction of sp³-hybridized carbons (Fsp3) is 0.250. The molecule has 0 saturated carbocycles. The third-order valence-corrected chi connectivity index (χ3v) is 6.10. The Morgan fingerprint density at radius 1 is 1.00 bits per heavy atom. The van der Waals surface area contributed by atoms with Crippen molar-refractivity contribution in [1.29, 1.82) is 0 Å². The Morgan fingerprint density at radius 3 is 2.61 bits per heavy atom. The molecule has 3 aromatic heterocycles. The summed E-state index contributed by atoms with van der Waals surface area (Å²) in [4.78, 5) is 40.5. The minimum Gasteiger partial charge on any atom is -0.477 e. The number of hydrogen-bond acceptors (Lipinski definition) is 10. The molecule has 0 radical (unpaired) electrons. The van der Waals surface area contributed by atoms with Crippen molar-refractivity contribution < 1.29 is 33.6 Å². The zero-order valence-electron chi connectivity index (χ0n) is 19.8. The lowest BCUT2D eigenvalue weighted by Crippen LogP contribution is -2.33. The van der Waals surface area contributed by atoms with Crippen LogP contribution in [-0.4, -0.2) is 67.2 Å². The maximum absolute atomic E-state index is 11.9. The molecule has 2 aliphatic rings. The summed E-state index contributed by atoms with van der Waals surface area (Å²) in [7, 11) is 1.48. The lowest BCUT2D eigenvalue weighted by atomic mass is 10.2. The number of ether oxygens (including phenoxy) is 4. The smallest absolute Gasteiger partial charge is 0.341 e. The van der Waals surface area contributed by atoms with E-state index < -0.39 is 43.0 Å². The van der Waals surface area contributed by atoms with Crippen LogP contribution >= 0.6 is 0 Å². The molecule has 5 heterocycles. The molecule has 4 aromatic rings. The Bertz CT molecular complexity index is 1500. The number of nitrogens with zero attached hydrogens (tertiary/aromatic N) is 5. The van der Waals surface area contributed by atoms with E-state index in [1.54, 1.807) is 4.57 Å². The molecule has 2 fully saturated rings. The fourth-order valence-corrected chi connectivity index (χ4v) is 4.36. The van der Waals surface area contributed by atoms with Gasteiger partial charge in [0.2, 0.25) is 12.2 Å². The molecule has 6 rings (SSSR count). The summed E-state index contributed by atoms with van der Waals surface area (Å²) < 4.78 is 26.3. The summed E-state index contributed by atoms with van der Waals surface area (Å²) in [5.41, 5.74) is 1.36. The van der Waals surface area contributed by atoms with Crippen molar-refractivity contribution in [2.24, 2.45) is 0 Å². The van der Waals surface area contributed by atoms with Gasteiger partial charge in [-0.15, -0.1) is 0 Å². The largest absolute Gasteiger partial charge is 0.477 e. The molecule has 14 heteroatoms. The van der Waals surface area contributed by atoms with Gasteiger partial charge in [0.05, 0.1) is 6.33 Å². The van der Waals surface area contributed by atoms with Gasteiger partial charge >= 0.3 is 12.0 Å². The van der Waals surface area contributed by atoms with Gasteiger partial charge in [0.1, 0.15) is 18.0 Å². The molecule has 0 spiro atoms. The Kier molecular flexibility index (Phi) is 6.03. The highest BCUT2D eigenvalue weighted by Crippen LogP contribution is 2.45. The number of pyridine rings is 1. The number of amides is 2. The highest BCUT2D eigenvalue weighted by molar-refractivity contribution is 5.95. The van der Waals surface area contributed by atoms with Crippen LogP contribution in [0, 0.1) is 0 Å². The summed E-state index contributed by atoms with van der Waals surface area (Å²) in [5.74, 6) is -1.11. The third-order valence-electron chi connectivity index (χ3n) is 6.10. The normalized spacial score (nSPS) is 24.2. The number of carboxylic acids is 1. The maximum Gasteiger partial charge on any atom is 0.341 e. The van der Waals surface area contributed by atoms with E-state index in [1.165, 1.54) is 38.0 Å². The molecule has 38 heavy (non-hydrogen) atoms. The molecule has 3 N–H and O–H groups in total. The van der Waals surface area contributed by atoms with Crippen LogP contribution in [0.5, 0.6) is 5.88 Å². The molecule has 194 valence electrons. The summed E-state index contributed by atoms with van der Waals surface area (Å²) >= 11 is 0. The second-order valence-corrected chi connectivity index (χ2v) is 8.37. The first-order valence-corrected chi connectivity index (χ1v) is 11.6. The predicted octanol–water partition coefficient (Wildman–Crippen LogP) is 2.09. The molecule has 0 bridgehead atoms. The van der Waals surface area contributed by atoms with Gasteiger partial charge in [-0.1, -0.05) is 30.3 Å². The Labute approximate surface area is 214 Å². The van der Waals surface area contributed by atoms with Crippen LogP contribution in [0.4, 0.5) is 10.6 Å². The number of imidazole rings is 1. The van der Waals surface area contributed by atoms with E-state index in [0.29, 0.717) is 11.2 Å². The van der Waals surface area contributed by atoms with Crippen molar-refractivity contribution in [2.45, 2.75) is 31.0 Å². The second kappa shape index (κ2) is 9.66. The van der Waals surface area contributed by atoms with E-state index >= 15 is 0 Å². The Hall–Kier alpha value is -4.66. The van der Waals surface area contributed by atoms with Crippen molar-refractivity contribution in [3.63, 3.8) is 0 Å². The molecule has 2 saturated heterocycles.